The monoisotopic (exact) mass is 224 g/mol. The minimum absolute atomic E-state index is 0.0504. The molecule has 1 rings (SSSR count). The lowest BCUT2D eigenvalue weighted by atomic mass is 10.1. The molecule has 0 unspecified atom stereocenters. The molecule has 5 nitrogen and oxygen atoms in total. The van der Waals surface area contributed by atoms with Crippen molar-refractivity contribution in [3.05, 3.63) is 12.4 Å². The van der Waals surface area contributed by atoms with E-state index in [1.165, 1.54) is 0 Å². The first-order valence-corrected chi connectivity index (χ1v) is 5.48. The average Bonchev–Trinajstić information content (AvgIpc) is 2.61. The molecule has 0 atom stereocenters. The Morgan fingerprint density at radius 1 is 1.50 bits per heavy atom. The van der Waals surface area contributed by atoms with Gasteiger partial charge in [-0.25, -0.2) is 0 Å². The summed E-state index contributed by atoms with van der Waals surface area (Å²) in [6.07, 6.45) is 3.47. The molecule has 1 amide bonds. The molecule has 16 heavy (non-hydrogen) atoms. The summed E-state index contributed by atoms with van der Waals surface area (Å²) >= 11 is 0. The Morgan fingerprint density at radius 3 is 2.69 bits per heavy atom. The number of rotatable bonds is 4. The number of hydrogen-bond donors (Lipinski definition) is 2. The second-order valence-electron chi connectivity index (χ2n) is 4.74. The van der Waals surface area contributed by atoms with Crippen molar-refractivity contribution < 1.29 is 4.79 Å². The fourth-order valence-electron chi connectivity index (χ4n) is 1.15. The van der Waals surface area contributed by atoms with Crippen LogP contribution in [0.1, 0.15) is 27.7 Å². The van der Waals surface area contributed by atoms with E-state index in [1.54, 1.807) is 10.9 Å². The van der Waals surface area contributed by atoms with Crippen LogP contribution in [0.3, 0.4) is 0 Å². The van der Waals surface area contributed by atoms with E-state index < -0.39 is 0 Å². The Labute approximate surface area is 96.2 Å². The van der Waals surface area contributed by atoms with Crippen molar-refractivity contribution in [3.63, 3.8) is 0 Å². The number of nitrogens with zero attached hydrogens (tertiary/aromatic N) is 2. The number of carbonyl (C=O) groups is 1. The number of aryl methyl sites for hydroxylation is 1. The Hall–Kier alpha value is -1.36. The zero-order valence-electron chi connectivity index (χ0n) is 10.4. The highest BCUT2D eigenvalue weighted by Gasteiger charge is 2.11. The van der Waals surface area contributed by atoms with Crippen LogP contribution in [0.25, 0.3) is 0 Å². The van der Waals surface area contributed by atoms with Crippen molar-refractivity contribution in [3.8, 4) is 0 Å². The van der Waals surface area contributed by atoms with Gasteiger partial charge >= 0.3 is 0 Å². The predicted octanol–water partition coefficient (Wildman–Crippen LogP) is 1.23. The van der Waals surface area contributed by atoms with Crippen LogP contribution in [-0.2, 0) is 11.3 Å². The first kappa shape index (κ1) is 12.7. The summed E-state index contributed by atoms with van der Waals surface area (Å²) in [4.78, 5) is 11.5. The fraction of sp³-hybridized carbons (Fsp3) is 0.636. The van der Waals surface area contributed by atoms with Gasteiger partial charge in [-0.05, 0) is 27.7 Å². The van der Waals surface area contributed by atoms with E-state index in [0.29, 0.717) is 6.54 Å². The van der Waals surface area contributed by atoms with Gasteiger partial charge in [-0.1, -0.05) is 0 Å². The van der Waals surface area contributed by atoms with Gasteiger partial charge in [-0.15, -0.1) is 0 Å². The molecule has 0 aromatic carbocycles. The molecule has 5 heteroatoms. The highest BCUT2D eigenvalue weighted by molar-refractivity contribution is 5.91. The minimum atomic E-state index is -0.0507. The van der Waals surface area contributed by atoms with Crippen molar-refractivity contribution in [2.24, 2.45) is 0 Å². The van der Waals surface area contributed by atoms with Crippen LogP contribution >= 0.6 is 0 Å². The molecule has 1 heterocycles. The van der Waals surface area contributed by atoms with Gasteiger partial charge in [0.25, 0.3) is 0 Å². The summed E-state index contributed by atoms with van der Waals surface area (Å²) in [5.74, 6) is -0.0504. The minimum Gasteiger partial charge on any atom is -0.322 e. The maximum atomic E-state index is 11.5. The quantitative estimate of drug-likeness (QED) is 0.808. The highest BCUT2D eigenvalue weighted by atomic mass is 16.1. The van der Waals surface area contributed by atoms with Gasteiger partial charge in [0.1, 0.15) is 0 Å². The number of aromatic nitrogens is 2. The number of carbonyl (C=O) groups excluding carboxylic acids is 1. The van der Waals surface area contributed by atoms with E-state index in [-0.39, 0.29) is 11.4 Å². The molecule has 0 fully saturated rings. The lowest BCUT2D eigenvalue weighted by Crippen LogP contribution is -2.41. The molecular weight excluding hydrogens is 204 g/mol. The third kappa shape index (κ3) is 4.44. The van der Waals surface area contributed by atoms with E-state index in [2.05, 4.69) is 15.7 Å². The third-order valence-corrected chi connectivity index (χ3v) is 2.02. The molecule has 0 bridgehead atoms. The Bertz CT molecular complexity index is 351. The fourth-order valence-corrected chi connectivity index (χ4v) is 1.15. The van der Waals surface area contributed by atoms with Crippen molar-refractivity contribution in [2.75, 3.05) is 11.9 Å². The van der Waals surface area contributed by atoms with Crippen LogP contribution in [0.5, 0.6) is 0 Å². The molecule has 1 aromatic heterocycles. The van der Waals surface area contributed by atoms with E-state index in [4.69, 9.17) is 0 Å². The summed E-state index contributed by atoms with van der Waals surface area (Å²) in [6, 6.07) is 0. The van der Waals surface area contributed by atoms with Gasteiger partial charge in [0.05, 0.1) is 18.4 Å². The van der Waals surface area contributed by atoms with Crippen molar-refractivity contribution in [1.82, 2.24) is 15.1 Å². The van der Waals surface area contributed by atoms with Gasteiger partial charge in [0.2, 0.25) is 5.91 Å². The molecule has 90 valence electrons. The molecule has 1 aromatic rings. The molecule has 0 aliphatic heterocycles. The zero-order valence-corrected chi connectivity index (χ0v) is 10.4. The Balaban J connectivity index is 2.40. The standard InChI is InChI=1S/C11H20N4O/c1-5-15-8-9(6-13-15)14-10(16)7-12-11(2,3)4/h6,8,12H,5,7H2,1-4H3,(H,14,16). The topological polar surface area (TPSA) is 59.0 Å². The average molecular weight is 224 g/mol. The maximum Gasteiger partial charge on any atom is 0.238 e. The summed E-state index contributed by atoms with van der Waals surface area (Å²) in [7, 11) is 0. The first-order chi connectivity index (χ1) is 7.40. The number of amides is 1. The Kier molecular flexibility index (Phi) is 4.06. The lowest BCUT2D eigenvalue weighted by Gasteiger charge is -2.19. The number of anilines is 1. The van der Waals surface area contributed by atoms with Crippen LogP contribution < -0.4 is 10.6 Å². The molecular formula is C11H20N4O. The molecule has 0 aliphatic carbocycles. The molecule has 0 saturated carbocycles. The molecule has 0 spiro atoms. The predicted molar refractivity (Wildman–Crippen MR) is 64.3 cm³/mol. The SMILES string of the molecule is CCn1cc(NC(=O)CNC(C)(C)C)cn1. The molecule has 0 aliphatic rings. The number of hydrogen-bond acceptors (Lipinski definition) is 3. The van der Waals surface area contributed by atoms with Gasteiger partial charge in [0.15, 0.2) is 0 Å². The molecule has 0 saturated heterocycles. The summed E-state index contributed by atoms with van der Waals surface area (Å²) < 4.78 is 1.77. The van der Waals surface area contributed by atoms with Gasteiger partial charge in [-0.2, -0.15) is 5.10 Å². The van der Waals surface area contributed by atoms with Crippen LogP contribution in [0.4, 0.5) is 5.69 Å². The van der Waals surface area contributed by atoms with Gasteiger partial charge in [0, 0.05) is 18.3 Å². The van der Waals surface area contributed by atoms with Crippen LogP contribution in [0.2, 0.25) is 0 Å². The van der Waals surface area contributed by atoms with E-state index in [0.717, 1.165) is 12.2 Å². The van der Waals surface area contributed by atoms with Crippen molar-refractivity contribution in [1.29, 1.82) is 0 Å². The second-order valence-corrected chi connectivity index (χ2v) is 4.74. The highest BCUT2D eigenvalue weighted by Crippen LogP contribution is 2.04. The van der Waals surface area contributed by atoms with Crippen molar-refractivity contribution >= 4 is 11.6 Å². The lowest BCUT2D eigenvalue weighted by molar-refractivity contribution is -0.115. The van der Waals surface area contributed by atoms with Crippen LogP contribution in [-0.4, -0.2) is 27.8 Å². The number of nitrogens with one attached hydrogen (secondary N) is 2. The van der Waals surface area contributed by atoms with E-state index >= 15 is 0 Å². The summed E-state index contributed by atoms with van der Waals surface area (Å²) in [5, 5.41) is 9.99. The largest absolute Gasteiger partial charge is 0.322 e. The van der Waals surface area contributed by atoms with E-state index in [1.807, 2.05) is 33.9 Å². The summed E-state index contributed by atoms with van der Waals surface area (Å²) in [6.45, 7) is 9.18. The van der Waals surface area contributed by atoms with Gasteiger partial charge < -0.3 is 10.6 Å². The van der Waals surface area contributed by atoms with Crippen LogP contribution in [0.15, 0.2) is 12.4 Å². The molecule has 0 radical (unpaired) electrons. The van der Waals surface area contributed by atoms with Gasteiger partial charge in [-0.3, -0.25) is 9.48 Å². The van der Waals surface area contributed by atoms with Crippen LogP contribution in [0, 0.1) is 0 Å². The normalized spacial score (nSPS) is 11.5. The maximum absolute atomic E-state index is 11.5. The Morgan fingerprint density at radius 2 is 2.19 bits per heavy atom. The smallest absolute Gasteiger partial charge is 0.238 e. The zero-order chi connectivity index (χ0) is 12.2. The second kappa shape index (κ2) is 5.12. The van der Waals surface area contributed by atoms with E-state index in [9.17, 15) is 4.79 Å². The summed E-state index contributed by atoms with van der Waals surface area (Å²) in [5.41, 5.74) is 0.688. The third-order valence-electron chi connectivity index (χ3n) is 2.02. The molecule has 2 N–H and O–H groups in total. The first-order valence-electron chi connectivity index (χ1n) is 5.48. The van der Waals surface area contributed by atoms with Crippen molar-refractivity contribution in [2.45, 2.75) is 39.8 Å².